The van der Waals surface area contributed by atoms with Crippen molar-refractivity contribution in [2.24, 2.45) is 16.5 Å². The van der Waals surface area contributed by atoms with E-state index in [-0.39, 0.29) is 29.1 Å². The van der Waals surface area contributed by atoms with Crippen molar-refractivity contribution < 1.29 is 4.79 Å². The van der Waals surface area contributed by atoms with Gasteiger partial charge < -0.3 is 16.5 Å². The fraction of sp³-hybridized carbons (Fsp3) is 0. The Morgan fingerprint density at radius 1 is 1.28 bits per heavy atom. The van der Waals surface area contributed by atoms with Crippen molar-refractivity contribution in [2.75, 3.05) is 0 Å². The van der Waals surface area contributed by atoms with E-state index in [4.69, 9.17) is 34.7 Å². The molecule has 5 N–H and O–H groups in total. The average Bonchev–Trinajstić information content (AvgIpc) is 2.55. The molecule has 8 heteroatoms. The highest BCUT2D eigenvalue weighted by Gasteiger charge is 2.16. The Kier molecular flexibility index (Phi) is 4.45. The normalized spacial score (nSPS) is 9.89. The van der Waals surface area contributed by atoms with Crippen LogP contribution < -0.4 is 11.5 Å². The highest BCUT2D eigenvalue weighted by molar-refractivity contribution is 6.39. The summed E-state index contributed by atoms with van der Waals surface area (Å²) in [5.74, 6) is -0.940. The van der Waals surface area contributed by atoms with Crippen LogP contribution in [0.5, 0.6) is 0 Å². The summed E-state index contributed by atoms with van der Waals surface area (Å²) in [5.41, 5.74) is 11.1. The van der Waals surface area contributed by atoms with Crippen LogP contribution in [0.4, 0.5) is 0 Å². The number of nitrogens with zero attached hydrogens (tertiary/aromatic N) is 1. The number of benzene rings is 1. The summed E-state index contributed by atoms with van der Waals surface area (Å²) >= 11 is 11.9. The summed E-state index contributed by atoms with van der Waals surface area (Å²) < 4.78 is 0. The fourth-order valence-electron chi connectivity index (χ4n) is 1.45. The molecule has 0 saturated carbocycles. The first-order chi connectivity index (χ1) is 7.99. The van der Waals surface area contributed by atoms with Crippen molar-refractivity contribution >= 4 is 58.4 Å². The number of aromatic nitrogens is 1. The molecule has 0 saturated heterocycles. The number of hydrogen-bond donors (Lipinski definition) is 3. The predicted octanol–water partition coefficient (Wildman–Crippen LogP) is 2.31. The molecule has 0 unspecified atom stereocenters. The van der Waals surface area contributed by atoms with E-state index in [0.717, 1.165) is 0 Å². The number of amides is 1. The lowest BCUT2D eigenvalue weighted by molar-refractivity contribution is 0.0999. The molecule has 1 aromatic heterocycles. The molecule has 0 radical (unpaired) electrons. The van der Waals surface area contributed by atoms with Crippen LogP contribution in [0.3, 0.4) is 0 Å². The molecular weight excluding hydrogens is 298 g/mol. The van der Waals surface area contributed by atoms with Gasteiger partial charge in [0.25, 0.3) is 5.91 Å². The van der Waals surface area contributed by atoms with Crippen molar-refractivity contribution in [3.63, 3.8) is 0 Å². The van der Waals surface area contributed by atoms with E-state index in [1.54, 1.807) is 18.2 Å². The summed E-state index contributed by atoms with van der Waals surface area (Å²) in [6, 6.07) is 5.06. The molecule has 0 aliphatic heterocycles. The summed E-state index contributed by atoms with van der Waals surface area (Å²) in [6.07, 6.45) is 0. The molecule has 1 heterocycles. The van der Waals surface area contributed by atoms with Crippen LogP contribution in [-0.4, -0.2) is 16.9 Å². The minimum absolute atomic E-state index is 0. The fourth-order valence-corrected chi connectivity index (χ4v) is 1.91. The van der Waals surface area contributed by atoms with Crippen molar-refractivity contribution in [3.8, 4) is 0 Å². The van der Waals surface area contributed by atoms with Crippen molar-refractivity contribution in [3.05, 3.63) is 33.9 Å². The van der Waals surface area contributed by atoms with Crippen LogP contribution in [-0.2, 0) is 0 Å². The lowest BCUT2D eigenvalue weighted by Gasteiger charge is -1.92. The molecule has 1 amide bonds. The van der Waals surface area contributed by atoms with E-state index in [9.17, 15) is 4.79 Å². The quantitative estimate of drug-likeness (QED) is 0.557. The SMILES string of the molecule is Cl.NC(N)=NC(=O)c1[nH]c2ccc(Cl)cc2c1Cl. The lowest BCUT2D eigenvalue weighted by atomic mass is 10.2. The predicted molar refractivity (Wildman–Crippen MR) is 75.7 cm³/mol. The average molecular weight is 308 g/mol. The van der Waals surface area contributed by atoms with Gasteiger partial charge in [-0.25, -0.2) is 0 Å². The number of nitrogens with two attached hydrogens (primary N) is 2. The molecule has 0 aliphatic carbocycles. The van der Waals surface area contributed by atoms with Crippen LogP contribution in [0.2, 0.25) is 10.0 Å². The number of aromatic amines is 1. The molecule has 0 spiro atoms. The highest BCUT2D eigenvalue weighted by Crippen LogP contribution is 2.29. The Hall–Kier alpha value is -1.43. The third kappa shape index (κ3) is 2.69. The molecule has 0 atom stereocenters. The smallest absolute Gasteiger partial charge is 0.298 e. The van der Waals surface area contributed by atoms with Gasteiger partial charge in [-0.05, 0) is 18.2 Å². The Morgan fingerprint density at radius 2 is 1.94 bits per heavy atom. The van der Waals surface area contributed by atoms with E-state index >= 15 is 0 Å². The standard InChI is InChI=1S/C10H8Cl2N4O.ClH/c11-4-1-2-6-5(3-4)7(12)8(15-6)9(17)16-10(13)14;/h1-3,15H,(H4,13,14,16,17);1H. The minimum atomic E-state index is -0.623. The second-order valence-corrected chi connectivity index (χ2v) is 4.16. The first-order valence-electron chi connectivity index (χ1n) is 4.59. The van der Waals surface area contributed by atoms with Gasteiger partial charge in [0.15, 0.2) is 5.96 Å². The van der Waals surface area contributed by atoms with Crippen molar-refractivity contribution in [2.45, 2.75) is 0 Å². The number of nitrogens with one attached hydrogen (secondary N) is 1. The number of carbonyl (C=O) groups excluding carboxylic acids is 1. The number of halogens is 3. The van der Waals surface area contributed by atoms with Gasteiger partial charge in [0.05, 0.1) is 5.02 Å². The van der Waals surface area contributed by atoms with Gasteiger partial charge in [-0.3, -0.25) is 4.79 Å². The van der Waals surface area contributed by atoms with Gasteiger partial charge in [-0.15, -0.1) is 12.4 Å². The van der Waals surface area contributed by atoms with Gasteiger partial charge in [-0.2, -0.15) is 4.99 Å². The zero-order valence-corrected chi connectivity index (χ0v) is 11.2. The van der Waals surface area contributed by atoms with Crippen LogP contribution in [0.15, 0.2) is 23.2 Å². The molecule has 0 aliphatic rings. The summed E-state index contributed by atoms with van der Waals surface area (Å²) in [7, 11) is 0. The number of H-pyrrole nitrogens is 1. The van der Waals surface area contributed by atoms with Crippen LogP contribution >= 0.6 is 35.6 Å². The van der Waals surface area contributed by atoms with E-state index in [1.165, 1.54) is 0 Å². The monoisotopic (exact) mass is 306 g/mol. The Morgan fingerprint density at radius 3 is 2.56 bits per heavy atom. The minimum Gasteiger partial charge on any atom is -0.370 e. The number of hydrogen-bond acceptors (Lipinski definition) is 1. The second-order valence-electron chi connectivity index (χ2n) is 3.35. The van der Waals surface area contributed by atoms with E-state index in [0.29, 0.717) is 15.9 Å². The first-order valence-corrected chi connectivity index (χ1v) is 5.35. The molecule has 96 valence electrons. The summed E-state index contributed by atoms with van der Waals surface area (Å²) in [5, 5.41) is 1.42. The third-order valence-corrected chi connectivity index (χ3v) is 2.77. The largest absolute Gasteiger partial charge is 0.370 e. The molecule has 2 rings (SSSR count). The maximum Gasteiger partial charge on any atom is 0.298 e. The van der Waals surface area contributed by atoms with E-state index in [1.807, 2.05) is 0 Å². The molecule has 0 fully saturated rings. The molecule has 18 heavy (non-hydrogen) atoms. The van der Waals surface area contributed by atoms with Gasteiger partial charge in [0.1, 0.15) is 5.69 Å². The second kappa shape index (κ2) is 5.48. The maximum atomic E-state index is 11.6. The number of rotatable bonds is 1. The molecule has 5 nitrogen and oxygen atoms in total. The van der Waals surface area contributed by atoms with Gasteiger partial charge in [0.2, 0.25) is 0 Å². The summed E-state index contributed by atoms with van der Waals surface area (Å²) in [6.45, 7) is 0. The molecular formula is C10H9Cl3N4O. The Balaban J connectivity index is 0.00000162. The third-order valence-electron chi connectivity index (χ3n) is 2.14. The van der Waals surface area contributed by atoms with Gasteiger partial charge >= 0.3 is 0 Å². The lowest BCUT2D eigenvalue weighted by Crippen LogP contribution is -2.24. The zero-order valence-electron chi connectivity index (χ0n) is 8.91. The number of aliphatic imine (C=N–C) groups is 1. The van der Waals surface area contributed by atoms with E-state index < -0.39 is 5.91 Å². The Labute approximate surface area is 119 Å². The zero-order chi connectivity index (χ0) is 12.6. The Bertz CT molecular complexity index is 631. The number of carbonyl (C=O) groups is 1. The molecule has 2 aromatic rings. The van der Waals surface area contributed by atoms with Crippen LogP contribution in [0.25, 0.3) is 10.9 Å². The van der Waals surface area contributed by atoms with E-state index in [2.05, 4.69) is 9.98 Å². The van der Waals surface area contributed by atoms with Crippen molar-refractivity contribution in [1.29, 1.82) is 0 Å². The van der Waals surface area contributed by atoms with Gasteiger partial charge in [0, 0.05) is 15.9 Å². The van der Waals surface area contributed by atoms with Crippen molar-refractivity contribution in [1.82, 2.24) is 4.98 Å². The molecule has 0 bridgehead atoms. The molecule has 1 aromatic carbocycles. The van der Waals surface area contributed by atoms with Gasteiger partial charge in [-0.1, -0.05) is 23.2 Å². The number of guanidine groups is 1. The summed E-state index contributed by atoms with van der Waals surface area (Å²) in [4.78, 5) is 17.9. The topological polar surface area (TPSA) is 97.3 Å². The van der Waals surface area contributed by atoms with Crippen LogP contribution in [0, 0.1) is 0 Å². The highest BCUT2D eigenvalue weighted by atomic mass is 35.5. The first kappa shape index (κ1) is 14.6. The maximum absolute atomic E-state index is 11.6. The number of fused-ring (bicyclic) bond motifs is 1. The van der Waals surface area contributed by atoms with Crippen LogP contribution in [0.1, 0.15) is 10.5 Å².